The lowest BCUT2D eigenvalue weighted by Gasteiger charge is -2.41. The maximum absolute atomic E-state index is 11.8. The van der Waals surface area contributed by atoms with Gasteiger partial charge in [-0.2, -0.15) is 0 Å². The van der Waals surface area contributed by atoms with E-state index in [9.17, 15) is 4.79 Å². The van der Waals surface area contributed by atoms with Crippen molar-refractivity contribution in [3.05, 3.63) is 0 Å². The van der Waals surface area contributed by atoms with E-state index in [2.05, 4.69) is 22.5 Å². The fraction of sp³-hybridized carbons (Fsp3) is 0.923. The van der Waals surface area contributed by atoms with E-state index in [1.807, 2.05) is 0 Å². The summed E-state index contributed by atoms with van der Waals surface area (Å²) in [4.78, 5) is 14.1. The average molecular weight is 239 g/mol. The first-order chi connectivity index (χ1) is 8.24. The van der Waals surface area contributed by atoms with E-state index >= 15 is 0 Å². The van der Waals surface area contributed by atoms with Gasteiger partial charge in [0.25, 0.3) is 0 Å². The first kappa shape index (κ1) is 12.8. The van der Waals surface area contributed by atoms with E-state index in [0.29, 0.717) is 12.0 Å². The second kappa shape index (κ2) is 5.83. The summed E-state index contributed by atoms with van der Waals surface area (Å²) in [5, 5.41) is 6.42. The molecule has 1 saturated carbocycles. The number of hydrogen-bond donors (Lipinski definition) is 2. The third-order valence-electron chi connectivity index (χ3n) is 4.40. The molecule has 2 N–H and O–H groups in total. The minimum Gasteiger partial charge on any atom is -0.354 e. The summed E-state index contributed by atoms with van der Waals surface area (Å²) in [7, 11) is 0. The fourth-order valence-electron chi connectivity index (χ4n) is 2.75. The van der Waals surface area contributed by atoms with Gasteiger partial charge >= 0.3 is 0 Å². The number of carbonyl (C=O) groups excluding carboxylic acids is 1. The molecule has 0 bridgehead atoms. The van der Waals surface area contributed by atoms with E-state index in [4.69, 9.17) is 0 Å². The van der Waals surface area contributed by atoms with E-state index in [-0.39, 0.29) is 5.91 Å². The number of piperazine rings is 1. The van der Waals surface area contributed by atoms with Crippen LogP contribution >= 0.6 is 0 Å². The van der Waals surface area contributed by atoms with Gasteiger partial charge in [0, 0.05) is 32.7 Å². The molecule has 1 amide bonds. The van der Waals surface area contributed by atoms with Crippen molar-refractivity contribution in [1.29, 1.82) is 0 Å². The summed E-state index contributed by atoms with van der Waals surface area (Å²) in [5.41, 5.74) is 0.430. The highest BCUT2D eigenvalue weighted by molar-refractivity contribution is 5.78. The van der Waals surface area contributed by atoms with Gasteiger partial charge in [-0.25, -0.2) is 0 Å². The second-order valence-electron chi connectivity index (χ2n) is 5.51. The standard InChI is InChI=1S/C13H25N3O/c1-2-13(4-3-5-13)11-15-12(17)10-16-8-6-14-7-9-16/h14H,2-11H2,1H3,(H,15,17). The normalized spacial score (nSPS) is 24.1. The summed E-state index contributed by atoms with van der Waals surface area (Å²) in [5.74, 6) is 0.201. The zero-order valence-corrected chi connectivity index (χ0v) is 10.9. The molecule has 0 aromatic heterocycles. The number of nitrogens with one attached hydrogen (secondary N) is 2. The van der Waals surface area contributed by atoms with Crippen molar-refractivity contribution in [2.24, 2.45) is 5.41 Å². The highest BCUT2D eigenvalue weighted by atomic mass is 16.2. The number of nitrogens with zero attached hydrogens (tertiary/aromatic N) is 1. The Balaban J connectivity index is 1.66. The monoisotopic (exact) mass is 239 g/mol. The molecule has 2 fully saturated rings. The zero-order valence-electron chi connectivity index (χ0n) is 10.9. The van der Waals surface area contributed by atoms with Crippen LogP contribution in [0.2, 0.25) is 0 Å². The Labute approximate surface area is 104 Å². The maximum Gasteiger partial charge on any atom is 0.234 e. The van der Waals surface area contributed by atoms with Crippen molar-refractivity contribution in [1.82, 2.24) is 15.5 Å². The van der Waals surface area contributed by atoms with Crippen LogP contribution in [0.15, 0.2) is 0 Å². The maximum atomic E-state index is 11.8. The average Bonchev–Trinajstić information content (AvgIpc) is 2.29. The van der Waals surface area contributed by atoms with Crippen molar-refractivity contribution in [2.45, 2.75) is 32.6 Å². The molecule has 1 aliphatic carbocycles. The second-order valence-corrected chi connectivity index (χ2v) is 5.51. The van der Waals surface area contributed by atoms with E-state index in [1.165, 1.54) is 25.7 Å². The van der Waals surface area contributed by atoms with Gasteiger partial charge in [-0.1, -0.05) is 13.3 Å². The highest BCUT2D eigenvalue weighted by Gasteiger charge is 2.35. The van der Waals surface area contributed by atoms with Crippen LogP contribution < -0.4 is 10.6 Å². The lowest BCUT2D eigenvalue weighted by Crippen LogP contribution is -2.49. The van der Waals surface area contributed by atoms with Gasteiger partial charge < -0.3 is 10.6 Å². The highest BCUT2D eigenvalue weighted by Crippen LogP contribution is 2.42. The first-order valence-corrected chi connectivity index (χ1v) is 6.94. The van der Waals surface area contributed by atoms with E-state index < -0.39 is 0 Å². The van der Waals surface area contributed by atoms with Crippen molar-refractivity contribution >= 4 is 5.91 Å². The molecule has 0 radical (unpaired) electrons. The molecule has 98 valence electrons. The molecule has 0 spiro atoms. The summed E-state index contributed by atoms with van der Waals surface area (Å²) in [6.45, 7) is 7.69. The van der Waals surface area contributed by atoms with Gasteiger partial charge in [0.05, 0.1) is 6.54 Å². The Hall–Kier alpha value is -0.610. The third-order valence-corrected chi connectivity index (χ3v) is 4.40. The molecular weight excluding hydrogens is 214 g/mol. The SMILES string of the molecule is CCC1(CNC(=O)CN2CCNCC2)CCC1. The van der Waals surface area contributed by atoms with Gasteiger partial charge in [-0.3, -0.25) is 9.69 Å². The van der Waals surface area contributed by atoms with Crippen molar-refractivity contribution in [3.63, 3.8) is 0 Å². The topological polar surface area (TPSA) is 44.4 Å². The van der Waals surface area contributed by atoms with Crippen molar-refractivity contribution < 1.29 is 4.79 Å². The van der Waals surface area contributed by atoms with E-state index in [1.54, 1.807) is 0 Å². The lowest BCUT2D eigenvalue weighted by molar-refractivity contribution is -0.123. The van der Waals surface area contributed by atoms with Gasteiger partial charge in [0.15, 0.2) is 0 Å². The molecule has 1 saturated heterocycles. The molecule has 0 atom stereocenters. The van der Waals surface area contributed by atoms with Crippen LogP contribution in [0.1, 0.15) is 32.6 Å². The quantitative estimate of drug-likeness (QED) is 0.738. The van der Waals surface area contributed by atoms with Gasteiger partial charge in [-0.15, -0.1) is 0 Å². The van der Waals surface area contributed by atoms with Gasteiger partial charge in [-0.05, 0) is 24.7 Å². The molecule has 17 heavy (non-hydrogen) atoms. The number of amides is 1. The molecule has 4 heteroatoms. The van der Waals surface area contributed by atoms with Crippen LogP contribution in [-0.4, -0.2) is 50.1 Å². The molecule has 0 unspecified atom stereocenters. The molecule has 2 aliphatic rings. The van der Waals surface area contributed by atoms with Gasteiger partial charge in [0.1, 0.15) is 0 Å². The molecule has 2 rings (SSSR count). The Morgan fingerprint density at radius 1 is 1.35 bits per heavy atom. The Morgan fingerprint density at radius 3 is 2.59 bits per heavy atom. The molecule has 1 heterocycles. The summed E-state index contributed by atoms with van der Waals surface area (Å²) >= 11 is 0. The summed E-state index contributed by atoms with van der Waals surface area (Å²) < 4.78 is 0. The van der Waals surface area contributed by atoms with Crippen LogP contribution in [0.25, 0.3) is 0 Å². The van der Waals surface area contributed by atoms with E-state index in [0.717, 1.165) is 32.7 Å². The number of rotatable bonds is 5. The zero-order chi connectivity index (χ0) is 12.1. The van der Waals surface area contributed by atoms with Crippen LogP contribution in [-0.2, 0) is 4.79 Å². The third kappa shape index (κ3) is 3.42. The molecule has 0 aromatic carbocycles. The lowest BCUT2D eigenvalue weighted by atomic mass is 9.67. The minimum atomic E-state index is 0.201. The van der Waals surface area contributed by atoms with Crippen LogP contribution in [0, 0.1) is 5.41 Å². The molecule has 4 nitrogen and oxygen atoms in total. The largest absolute Gasteiger partial charge is 0.354 e. The van der Waals surface area contributed by atoms with Crippen molar-refractivity contribution in [2.75, 3.05) is 39.3 Å². The van der Waals surface area contributed by atoms with Gasteiger partial charge in [0.2, 0.25) is 5.91 Å². The molecule has 0 aromatic rings. The summed E-state index contributed by atoms with van der Waals surface area (Å²) in [6.07, 6.45) is 5.11. The van der Waals surface area contributed by atoms with Crippen LogP contribution in [0.5, 0.6) is 0 Å². The number of hydrogen-bond acceptors (Lipinski definition) is 3. The Bertz CT molecular complexity index is 252. The van der Waals surface area contributed by atoms with Crippen molar-refractivity contribution in [3.8, 4) is 0 Å². The Morgan fingerprint density at radius 2 is 2.06 bits per heavy atom. The molecule has 1 aliphatic heterocycles. The smallest absolute Gasteiger partial charge is 0.234 e. The number of carbonyl (C=O) groups is 1. The Kier molecular flexibility index (Phi) is 4.40. The molecular formula is C13H25N3O. The fourth-order valence-corrected chi connectivity index (χ4v) is 2.75. The minimum absolute atomic E-state index is 0.201. The van der Waals surface area contributed by atoms with Crippen LogP contribution in [0.3, 0.4) is 0 Å². The predicted octanol–water partition coefficient (Wildman–Crippen LogP) is 0.588. The predicted molar refractivity (Wildman–Crippen MR) is 68.9 cm³/mol. The van der Waals surface area contributed by atoms with Crippen LogP contribution in [0.4, 0.5) is 0 Å². The first-order valence-electron chi connectivity index (χ1n) is 6.94. The summed E-state index contributed by atoms with van der Waals surface area (Å²) in [6, 6.07) is 0.